The van der Waals surface area contributed by atoms with Crippen LogP contribution in [0.5, 0.6) is 0 Å². The highest BCUT2D eigenvalue weighted by Crippen LogP contribution is 2.25. The normalized spacial score (nSPS) is 10.0. The van der Waals surface area contributed by atoms with Crippen LogP contribution in [0.2, 0.25) is 0 Å². The number of hydrogen-bond acceptors (Lipinski definition) is 3. The lowest BCUT2D eigenvalue weighted by Crippen LogP contribution is -2.19. The van der Waals surface area contributed by atoms with Crippen LogP contribution in [0.3, 0.4) is 0 Å². The predicted molar refractivity (Wildman–Crippen MR) is 81.7 cm³/mol. The number of rotatable bonds is 3. The summed E-state index contributed by atoms with van der Waals surface area (Å²) in [4.78, 5) is 11.8. The molecule has 0 fully saturated rings. The van der Waals surface area contributed by atoms with E-state index >= 15 is 0 Å². The van der Waals surface area contributed by atoms with Gasteiger partial charge in [0.15, 0.2) is 0 Å². The van der Waals surface area contributed by atoms with Gasteiger partial charge in [-0.05, 0) is 36.4 Å². The Bertz CT molecular complexity index is 613. The second-order valence-corrected chi connectivity index (χ2v) is 4.94. The summed E-state index contributed by atoms with van der Waals surface area (Å²) in [5.74, 6) is -0.176. The van der Waals surface area contributed by atoms with E-state index in [1.165, 1.54) is 0 Å². The third kappa shape index (κ3) is 3.26. The minimum atomic E-state index is -0.176. The molecule has 0 unspecified atom stereocenters. The van der Waals surface area contributed by atoms with Gasteiger partial charge >= 0.3 is 0 Å². The molecule has 2 rings (SSSR count). The molecule has 0 aliphatic carbocycles. The minimum Gasteiger partial charge on any atom is -0.399 e. The molecule has 0 bridgehead atoms. The van der Waals surface area contributed by atoms with Gasteiger partial charge in [0, 0.05) is 22.9 Å². The highest BCUT2D eigenvalue weighted by atomic mass is 79.9. The van der Waals surface area contributed by atoms with Crippen molar-refractivity contribution in [2.24, 2.45) is 0 Å². The molecule has 0 aliphatic heterocycles. The smallest absolute Gasteiger partial charge is 0.253 e. The summed E-state index contributed by atoms with van der Waals surface area (Å²) in [7, 11) is 1.59. The molecule has 19 heavy (non-hydrogen) atoms. The van der Waals surface area contributed by atoms with E-state index in [4.69, 9.17) is 5.73 Å². The predicted octanol–water partition coefficient (Wildman–Crippen LogP) is 3.13. The second-order valence-electron chi connectivity index (χ2n) is 4.02. The zero-order valence-corrected chi connectivity index (χ0v) is 12.0. The van der Waals surface area contributed by atoms with Gasteiger partial charge in [-0.15, -0.1) is 0 Å². The van der Waals surface area contributed by atoms with Crippen molar-refractivity contribution in [1.29, 1.82) is 0 Å². The van der Waals surface area contributed by atoms with E-state index in [2.05, 4.69) is 26.6 Å². The zero-order chi connectivity index (χ0) is 13.8. The molecular weight excluding hydrogens is 306 g/mol. The number of hydrogen-bond donors (Lipinski definition) is 3. The number of halogens is 1. The van der Waals surface area contributed by atoms with Crippen LogP contribution < -0.4 is 16.4 Å². The Hall–Kier alpha value is -2.01. The van der Waals surface area contributed by atoms with E-state index in [-0.39, 0.29) is 5.91 Å². The third-order valence-electron chi connectivity index (χ3n) is 2.62. The van der Waals surface area contributed by atoms with Gasteiger partial charge < -0.3 is 16.4 Å². The Balaban J connectivity index is 2.37. The number of nitrogens with two attached hydrogens (primary N) is 1. The van der Waals surface area contributed by atoms with Crippen LogP contribution >= 0.6 is 15.9 Å². The number of nitrogens with one attached hydrogen (secondary N) is 2. The van der Waals surface area contributed by atoms with Gasteiger partial charge in [-0.2, -0.15) is 0 Å². The highest BCUT2D eigenvalue weighted by Gasteiger charge is 2.10. The summed E-state index contributed by atoms with van der Waals surface area (Å²) in [6.07, 6.45) is 0. The van der Waals surface area contributed by atoms with Crippen molar-refractivity contribution in [3.05, 3.63) is 52.5 Å². The number of carbonyl (C=O) groups excluding carboxylic acids is 1. The Morgan fingerprint density at radius 2 is 2.00 bits per heavy atom. The summed E-state index contributed by atoms with van der Waals surface area (Å²) in [6, 6.07) is 12.9. The maximum atomic E-state index is 11.8. The Morgan fingerprint density at radius 1 is 1.21 bits per heavy atom. The van der Waals surface area contributed by atoms with Crippen molar-refractivity contribution in [2.45, 2.75) is 0 Å². The van der Waals surface area contributed by atoms with Crippen molar-refractivity contribution < 1.29 is 4.79 Å². The standard InChI is InChI=1S/C14H14BrN3O/c1-17-14(19)12-8-10(16)5-6-13(12)18-11-4-2-3-9(15)7-11/h2-8,18H,16H2,1H3,(H,17,19). The Morgan fingerprint density at radius 3 is 2.68 bits per heavy atom. The second kappa shape index (κ2) is 5.75. The first-order chi connectivity index (χ1) is 9.10. The van der Waals surface area contributed by atoms with Crippen LogP contribution in [0.15, 0.2) is 46.9 Å². The van der Waals surface area contributed by atoms with Gasteiger partial charge in [-0.1, -0.05) is 22.0 Å². The minimum absolute atomic E-state index is 0.176. The van der Waals surface area contributed by atoms with Gasteiger partial charge in [-0.3, -0.25) is 4.79 Å². The van der Waals surface area contributed by atoms with Gasteiger partial charge in [-0.25, -0.2) is 0 Å². The van der Waals surface area contributed by atoms with Crippen molar-refractivity contribution in [1.82, 2.24) is 5.32 Å². The molecule has 0 saturated heterocycles. The number of carbonyl (C=O) groups is 1. The topological polar surface area (TPSA) is 67.2 Å². The van der Waals surface area contributed by atoms with Crippen molar-refractivity contribution in [2.75, 3.05) is 18.1 Å². The molecule has 0 saturated carbocycles. The molecule has 4 N–H and O–H groups in total. The van der Waals surface area contributed by atoms with E-state index in [9.17, 15) is 4.79 Å². The number of nitrogen functional groups attached to an aromatic ring is 1. The average molecular weight is 320 g/mol. The quantitative estimate of drug-likeness (QED) is 0.761. The lowest BCUT2D eigenvalue weighted by atomic mass is 10.1. The molecule has 5 heteroatoms. The highest BCUT2D eigenvalue weighted by molar-refractivity contribution is 9.10. The van der Waals surface area contributed by atoms with Gasteiger partial charge in [0.1, 0.15) is 0 Å². The first-order valence-corrected chi connectivity index (χ1v) is 6.53. The molecule has 0 aromatic heterocycles. The summed E-state index contributed by atoms with van der Waals surface area (Å²) in [6.45, 7) is 0. The maximum absolute atomic E-state index is 11.8. The average Bonchev–Trinajstić information content (AvgIpc) is 2.40. The van der Waals surface area contributed by atoms with Crippen LogP contribution in [0.4, 0.5) is 17.1 Å². The molecule has 98 valence electrons. The fraction of sp³-hybridized carbons (Fsp3) is 0.0714. The van der Waals surface area contributed by atoms with Gasteiger partial charge in [0.05, 0.1) is 11.3 Å². The van der Waals surface area contributed by atoms with Gasteiger partial charge in [0.25, 0.3) is 5.91 Å². The number of amides is 1. The molecule has 4 nitrogen and oxygen atoms in total. The van der Waals surface area contributed by atoms with E-state index in [1.54, 1.807) is 25.2 Å². The van der Waals surface area contributed by atoms with Crippen LogP contribution in [-0.2, 0) is 0 Å². The maximum Gasteiger partial charge on any atom is 0.253 e. The zero-order valence-electron chi connectivity index (χ0n) is 10.4. The Labute approximate surface area is 120 Å². The lowest BCUT2D eigenvalue weighted by Gasteiger charge is -2.12. The number of benzene rings is 2. The van der Waals surface area contributed by atoms with Gasteiger partial charge in [0.2, 0.25) is 0 Å². The molecule has 2 aromatic rings. The van der Waals surface area contributed by atoms with E-state index in [1.807, 2.05) is 24.3 Å². The molecular formula is C14H14BrN3O. The fourth-order valence-electron chi connectivity index (χ4n) is 1.72. The molecule has 0 atom stereocenters. The summed E-state index contributed by atoms with van der Waals surface area (Å²) < 4.78 is 0.967. The first-order valence-electron chi connectivity index (χ1n) is 5.74. The first kappa shape index (κ1) is 13.4. The monoisotopic (exact) mass is 319 g/mol. The van der Waals surface area contributed by atoms with Crippen molar-refractivity contribution in [3.63, 3.8) is 0 Å². The van der Waals surface area contributed by atoms with Crippen LogP contribution in [0.25, 0.3) is 0 Å². The molecule has 0 spiro atoms. The fourth-order valence-corrected chi connectivity index (χ4v) is 2.11. The number of anilines is 3. The summed E-state index contributed by atoms with van der Waals surface area (Å²) in [5.41, 5.74) is 8.40. The van der Waals surface area contributed by atoms with E-state index in [0.717, 1.165) is 10.2 Å². The molecule has 2 aromatic carbocycles. The molecule has 0 aliphatic rings. The summed E-state index contributed by atoms with van der Waals surface area (Å²) >= 11 is 3.41. The molecule has 1 amide bonds. The molecule has 0 heterocycles. The van der Waals surface area contributed by atoms with Crippen LogP contribution in [0, 0.1) is 0 Å². The molecule has 0 radical (unpaired) electrons. The SMILES string of the molecule is CNC(=O)c1cc(N)ccc1Nc1cccc(Br)c1. The van der Waals surface area contributed by atoms with Crippen LogP contribution in [-0.4, -0.2) is 13.0 Å². The van der Waals surface area contributed by atoms with Crippen molar-refractivity contribution in [3.8, 4) is 0 Å². The van der Waals surface area contributed by atoms with Crippen molar-refractivity contribution >= 4 is 38.9 Å². The lowest BCUT2D eigenvalue weighted by molar-refractivity contribution is 0.0964. The van der Waals surface area contributed by atoms with E-state index < -0.39 is 0 Å². The van der Waals surface area contributed by atoms with E-state index in [0.29, 0.717) is 16.9 Å². The third-order valence-corrected chi connectivity index (χ3v) is 3.11. The Kier molecular flexibility index (Phi) is 4.06. The van der Waals surface area contributed by atoms with Crippen LogP contribution in [0.1, 0.15) is 10.4 Å². The summed E-state index contributed by atoms with van der Waals surface area (Å²) in [5, 5.41) is 5.81. The largest absolute Gasteiger partial charge is 0.399 e.